The molecule has 0 unspecified atom stereocenters. The molecule has 30 heavy (non-hydrogen) atoms. The normalized spacial score (nSPS) is 17.9. The molecule has 0 fully saturated rings. The van der Waals surface area contributed by atoms with Crippen molar-refractivity contribution in [2.45, 2.75) is 38.0 Å². The van der Waals surface area contributed by atoms with Crippen LogP contribution in [-0.4, -0.2) is 30.8 Å². The number of furan rings is 1. The molecule has 2 atom stereocenters. The number of carbonyl (C=O) groups excluding carboxylic acids is 2. The van der Waals surface area contributed by atoms with Gasteiger partial charge in [-0.2, -0.15) is 18.4 Å². The summed E-state index contributed by atoms with van der Waals surface area (Å²) in [7, 11) is 0.774. The van der Waals surface area contributed by atoms with Gasteiger partial charge in [-0.25, -0.2) is 4.79 Å². The van der Waals surface area contributed by atoms with Gasteiger partial charge in [0.1, 0.15) is 11.1 Å². The molecule has 2 N–H and O–H groups in total. The lowest BCUT2D eigenvalue weighted by molar-refractivity contribution is -0.203. The van der Waals surface area contributed by atoms with Gasteiger partial charge >= 0.3 is 17.8 Å². The van der Waals surface area contributed by atoms with E-state index < -0.39 is 29.5 Å². The molecule has 160 valence electrons. The van der Waals surface area contributed by atoms with E-state index in [-0.39, 0.29) is 10.6 Å². The van der Waals surface area contributed by atoms with Crippen molar-refractivity contribution in [1.29, 1.82) is 5.26 Å². The maximum absolute atomic E-state index is 14.2. The number of hydrogen-bond donors (Lipinski definition) is 2. The number of fused-ring (bicyclic) bond motifs is 1. The number of nitrogens with one attached hydrogen (secondary N) is 2. The fraction of sp³-hybridized carbons (Fsp3) is 0.421. The number of thiophene rings is 1. The van der Waals surface area contributed by atoms with Gasteiger partial charge in [-0.1, -0.05) is 6.92 Å². The second-order valence-corrected chi connectivity index (χ2v) is 8.07. The summed E-state index contributed by atoms with van der Waals surface area (Å²) in [5.74, 6) is -3.15. The minimum absolute atomic E-state index is 0.0340. The highest BCUT2D eigenvalue weighted by molar-refractivity contribution is 7.16. The number of anilines is 1. The first-order valence-corrected chi connectivity index (χ1v) is 9.78. The standard InChI is InChI=1S/C19H18F3N3O4S/c1-10-5-6-11-12(9-23)16(30-14(11)8-10)25-18(17(27)28-2,19(20,21)22)24-15(26)13-4-3-7-29-13/h3-4,7,10,25H,5-6,8H2,1-2H3,(H,24,26)/t10-,18+/m1/s1. The van der Waals surface area contributed by atoms with Crippen LogP contribution in [0.1, 0.15) is 39.9 Å². The molecule has 1 amide bonds. The molecule has 3 rings (SSSR count). The zero-order chi connectivity index (χ0) is 22.1. The van der Waals surface area contributed by atoms with Crippen LogP contribution in [0.3, 0.4) is 0 Å². The molecule has 2 aromatic rings. The van der Waals surface area contributed by atoms with Gasteiger partial charge in [-0.15, -0.1) is 11.3 Å². The molecule has 0 spiro atoms. The first-order valence-electron chi connectivity index (χ1n) is 8.97. The van der Waals surface area contributed by atoms with Crippen LogP contribution in [-0.2, 0) is 22.4 Å². The van der Waals surface area contributed by atoms with Crippen LogP contribution in [0.2, 0.25) is 0 Å². The molecule has 1 aliphatic carbocycles. The molecule has 0 radical (unpaired) electrons. The summed E-state index contributed by atoms with van der Waals surface area (Å²) >= 11 is 0.970. The Morgan fingerprint density at radius 2 is 2.13 bits per heavy atom. The fourth-order valence-electron chi connectivity index (χ4n) is 3.31. The number of nitrogens with zero attached hydrogens (tertiary/aromatic N) is 1. The van der Waals surface area contributed by atoms with Gasteiger partial charge in [0.05, 0.1) is 18.9 Å². The molecule has 2 heterocycles. The predicted molar refractivity (Wildman–Crippen MR) is 101 cm³/mol. The third kappa shape index (κ3) is 3.75. The van der Waals surface area contributed by atoms with Crippen LogP contribution >= 0.6 is 11.3 Å². The Bertz CT molecular complexity index is 994. The first kappa shape index (κ1) is 21.7. The largest absolute Gasteiger partial charge is 0.466 e. The molecule has 0 saturated carbocycles. The van der Waals surface area contributed by atoms with Crippen molar-refractivity contribution in [2.75, 3.05) is 12.4 Å². The van der Waals surface area contributed by atoms with E-state index >= 15 is 0 Å². The average Bonchev–Trinajstić information content (AvgIpc) is 3.32. The van der Waals surface area contributed by atoms with Crippen molar-refractivity contribution in [3.8, 4) is 6.07 Å². The predicted octanol–water partition coefficient (Wildman–Crippen LogP) is 3.61. The first-order chi connectivity index (χ1) is 14.1. The Labute approximate surface area is 173 Å². The minimum Gasteiger partial charge on any atom is -0.466 e. The lowest BCUT2D eigenvalue weighted by Crippen LogP contribution is -2.69. The van der Waals surface area contributed by atoms with Crippen molar-refractivity contribution < 1.29 is 31.9 Å². The highest BCUT2D eigenvalue weighted by Gasteiger charge is 2.64. The summed E-state index contributed by atoms with van der Waals surface area (Å²) < 4.78 is 51.8. The average molecular weight is 441 g/mol. The summed E-state index contributed by atoms with van der Waals surface area (Å²) in [4.78, 5) is 25.5. The quantitative estimate of drug-likeness (QED) is 0.543. The summed E-state index contributed by atoms with van der Waals surface area (Å²) in [5.41, 5.74) is -2.91. The molecule has 7 nitrogen and oxygen atoms in total. The number of hydrogen-bond acceptors (Lipinski definition) is 7. The highest BCUT2D eigenvalue weighted by atomic mass is 32.1. The Morgan fingerprint density at radius 1 is 1.40 bits per heavy atom. The zero-order valence-corrected chi connectivity index (χ0v) is 16.9. The number of ether oxygens (including phenoxy) is 1. The highest BCUT2D eigenvalue weighted by Crippen LogP contribution is 2.42. The van der Waals surface area contributed by atoms with E-state index in [0.29, 0.717) is 24.3 Å². The number of nitriles is 1. The number of esters is 1. The summed E-state index contributed by atoms with van der Waals surface area (Å²) in [6, 6.07) is 4.40. The molecule has 0 aromatic carbocycles. The van der Waals surface area contributed by atoms with E-state index in [1.54, 1.807) is 5.32 Å². The molecule has 11 heteroatoms. The van der Waals surface area contributed by atoms with E-state index in [0.717, 1.165) is 42.1 Å². The van der Waals surface area contributed by atoms with Crippen LogP contribution in [0, 0.1) is 17.2 Å². The third-order valence-corrected chi connectivity index (χ3v) is 6.06. The topological polar surface area (TPSA) is 104 Å². The second kappa shape index (κ2) is 8.02. The van der Waals surface area contributed by atoms with Gasteiger partial charge in [0.15, 0.2) is 5.76 Å². The molecule has 0 bridgehead atoms. The number of halogens is 3. The van der Waals surface area contributed by atoms with E-state index in [2.05, 4.69) is 10.1 Å². The lowest BCUT2D eigenvalue weighted by Gasteiger charge is -2.34. The number of alkyl halides is 3. The Kier molecular flexibility index (Phi) is 5.81. The molecular weight excluding hydrogens is 423 g/mol. The van der Waals surface area contributed by atoms with E-state index in [4.69, 9.17) is 4.42 Å². The molecule has 0 saturated heterocycles. The number of carbonyl (C=O) groups is 2. The van der Waals surface area contributed by atoms with Crippen molar-refractivity contribution in [3.63, 3.8) is 0 Å². The molecule has 0 aliphatic heterocycles. The van der Waals surface area contributed by atoms with Crippen molar-refractivity contribution in [3.05, 3.63) is 40.2 Å². The van der Waals surface area contributed by atoms with Crippen LogP contribution in [0.25, 0.3) is 0 Å². The van der Waals surface area contributed by atoms with Crippen LogP contribution in [0.15, 0.2) is 22.8 Å². The Balaban J connectivity index is 2.08. The third-order valence-electron chi connectivity index (χ3n) is 4.89. The minimum atomic E-state index is -5.30. The number of methoxy groups -OCH3 is 1. The van der Waals surface area contributed by atoms with Gasteiger partial charge in [-0.3, -0.25) is 4.79 Å². The Morgan fingerprint density at radius 3 is 2.70 bits per heavy atom. The lowest BCUT2D eigenvalue weighted by atomic mass is 9.88. The van der Waals surface area contributed by atoms with Gasteiger partial charge in [0.25, 0.3) is 5.91 Å². The van der Waals surface area contributed by atoms with Crippen molar-refractivity contribution >= 4 is 28.2 Å². The van der Waals surface area contributed by atoms with E-state index in [1.165, 1.54) is 6.07 Å². The summed E-state index contributed by atoms with van der Waals surface area (Å²) in [6.45, 7) is 2.01. The van der Waals surface area contributed by atoms with Crippen LogP contribution in [0.5, 0.6) is 0 Å². The second-order valence-electron chi connectivity index (χ2n) is 6.96. The molecule has 2 aromatic heterocycles. The van der Waals surface area contributed by atoms with Gasteiger partial charge in [-0.05, 0) is 42.9 Å². The summed E-state index contributed by atoms with van der Waals surface area (Å²) in [6.07, 6.45) is -2.22. The SMILES string of the molecule is COC(=O)[C@](NC(=O)c1ccco1)(Nc1sc2c(c1C#N)CC[C@@H](C)C2)C(F)(F)F. The van der Waals surface area contributed by atoms with Gasteiger partial charge in [0, 0.05) is 4.88 Å². The van der Waals surface area contributed by atoms with Crippen LogP contribution in [0.4, 0.5) is 18.2 Å². The van der Waals surface area contributed by atoms with Crippen molar-refractivity contribution in [1.82, 2.24) is 5.32 Å². The van der Waals surface area contributed by atoms with E-state index in [9.17, 15) is 28.0 Å². The van der Waals surface area contributed by atoms with Gasteiger partial charge in [0.2, 0.25) is 0 Å². The fourth-order valence-corrected chi connectivity index (χ4v) is 4.73. The smallest absolute Gasteiger partial charge is 0.441 e. The number of amides is 1. The Hall–Kier alpha value is -3.00. The monoisotopic (exact) mass is 441 g/mol. The van der Waals surface area contributed by atoms with Gasteiger partial charge < -0.3 is 19.8 Å². The maximum Gasteiger partial charge on any atom is 0.441 e. The summed E-state index contributed by atoms with van der Waals surface area (Å²) in [5, 5.41) is 13.2. The van der Waals surface area contributed by atoms with Crippen LogP contribution < -0.4 is 10.6 Å². The number of rotatable bonds is 5. The maximum atomic E-state index is 14.2. The van der Waals surface area contributed by atoms with Crippen molar-refractivity contribution in [2.24, 2.45) is 5.92 Å². The molecular formula is C19H18F3N3O4S. The molecule has 1 aliphatic rings. The zero-order valence-electron chi connectivity index (χ0n) is 16.1. The van der Waals surface area contributed by atoms with E-state index in [1.807, 2.05) is 13.0 Å².